The van der Waals surface area contributed by atoms with Crippen molar-refractivity contribution in [1.29, 1.82) is 0 Å². The van der Waals surface area contributed by atoms with Crippen LogP contribution >= 0.6 is 11.6 Å². The van der Waals surface area contributed by atoms with Gasteiger partial charge >= 0.3 is 0 Å². The summed E-state index contributed by atoms with van der Waals surface area (Å²) in [6.45, 7) is 1.09. The molecule has 6 heteroatoms. The van der Waals surface area contributed by atoms with Gasteiger partial charge in [-0.15, -0.1) is 0 Å². The average Bonchev–Trinajstić information content (AvgIpc) is 2.28. The summed E-state index contributed by atoms with van der Waals surface area (Å²) < 4.78 is 0. The maximum atomic E-state index is 10.7. The fraction of sp³-hybridized carbons (Fsp3) is 0.333. The Morgan fingerprint density at radius 2 is 1.83 bits per heavy atom. The van der Waals surface area contributed by atoms with Crippen molar-refractivity contribution in [3.05, 3.63) is 29.3 Å². The third-order valence-corrected chi connectivity index (χ3v) is 2.66. The van der Waals surface area contributed by atoms with E-state index in [1.54, 1.807) is 24.3 Å². The maximum Gasteiger partial charge on any atom is 0.0608 e. The molecule has 0 radical (unpaired) electrons. The van der Waals surface area contributed by atoms with Crippen LogP contribution in [0.4, 0.5) is 5.69 Å². The van der Waals surface area contributed by atoms with Crippen LogP contribution in [-0.4, -0.2) is 25.0 Å². The van der Waals surface area contributed by atoms with E-state index in [0.717, 1.165) is 0 Å². The van der Waals surface area contributed by atoms with Gasteiger partial charge in [0.2, 0.25) is 0 Å². The maximum absolute atomic E-state index is 10.7. The molecule has 0 aliphatic carbocycles. The minimum Gasteiger partial charge on any atom is -0.550 e. The molecule has 0 saturated heterocycles. The Balaban J connectivity index is 2.87. The molecule has 1 aromatic carbocycles. The molecule has 0 heterocycles. The van der Waals surface area contributed by atoms with Crippen LogP contribution in [0.1, 0.15) is 6.92 Å². The van der Waals surface area contributed by atoms with Crippen LogP contribution in [-0.2, 0) is 9.59 Å². The molecule has 1 rings (SSSR count). The van der Waals surface area contributed by atoms with Gasteiger partial charge in [-0.25, -0.2) is 0 Å². The van der Waals surface area contributed by atoms with Gasteiger partial charge in [0.25, 0.3) is 0 Å². The first kappa shape index (κ1) is 14.3. The van der Waals surface area contributed by atoms with E-state index >= 15 is 0 Å². The Morgan fingerprint density at radius 3 is 2.28 bits per heavy atom. The fourth-order valence-corrected chi connectivity index (χ4v) is 1.60. The van der Waals surface area contributed by atoms with E-state index in [9.17, 15) is 19.8 Å². The molecule has 1 aromatic rings. The Hall–Kier alpha value is -1.75. The van der Waals surface area contributed by atoms with Gasteiger partial charge in [-0.05, 0) is 24.3 Å². The quantitative estimate of drug-likeness (QED) is 0.681. The second-order valence-corrected chi connectivity index (χ2v) is 4.39. The number of halogens is 1. The molecular formula is C12H12ClNO4-2. The van der Waals surface area contributed by atoms with Crippen LogP contribution in [0.25, 0.3) is 0 Å². The predicted molar refractivity (Wildman–Crippen MR) is 62.8 cm³/mol. The van der Waals surface area contributed by atoms with Gasteiger partial charge in [0.15, 0.2) is 0 Å². The lowest BCUT2D eigenvalue weighted by molar-refractivity contribution is -0.311. The Labute approximate surface area is 110 Å². The van der Waals surface area contributed by atoms with Gasteiger partial charge in [0, 0.05) is 29.1 Å². The molecule has 1 atom stereocenters. The summed E-state index contributed by atoms with van der Waals surface area (Å²) in [5.74, 6) is -3.30. The van der Waals surface area contributed by atoms with Gasteiger partial charge in [0.05, 0.1) is 12.5 Å². The summed E-state index contributed by atoms with van der Waals surface area (Å²) in [6.07, 6.45) is 0. The van der Waals surface area contributed by atoms with E-state index in [4.69, 9.17) is 11.6 Å². The van der Waals surface area contributed by atoms with Gasteiger partial charge in [-0.3, -0.25) is 0 Å². The Kier molecular flexibility index (Phi) is 4.97. The average molecular weight is 270 g/mol. The van der Waals surface area contributed by atoms with Crippen LogP contribution < -0.4 is 15.1 Å². The molecule has 0 saturated carbocycles. The third kappa shape index (κ3) is 4.25. The highest BCUT2D eigenvalue weighted by atomic mass is 35.5. The lowest BCUT2D eigenvalue weighted by Gasteiger charge is -2.28. The zero-order valence-electron chi connectivity index (χ0n) is 9.76. The van der Waals surface area contributed by atoms with Crippen molar-refractivity contribution in [2.75, 3.05) is 18.0 Å². The normalized spacial score (nSPS) is 11.9. The van der Waals surface area contributed by atoms with Crippen molar-refractivity contribution >= 4 is 29.2 Å². The molecule has 0 unspecified atom stereocenters. The Morgan fingerprint density at radius 1 is 1.28 bits per heavy atom. The predicted octanol–water partition coefficient (Wildman–Crippen LogP) is -0.718. The summed E-state index contributed by atoms with van der Waals surface area (Å²) in [6, 6.07) is 6.44. The number of hydrogen-bond donors (Lipinski definition) is 0. The van der Waals surface area contributed by atoms with Crippen LogP contribution in [0.15, 0.2) is 24.3 Å². The summed E-state index contributed by atoms with van der Waals surface area (Å²) in [4.78, 5) is 22.7. The summed E-state index contributed by atoms with van der Waals surface area (Å²) in [7, 11) is 0. The first-order valence-corrected chi connectivity index (χ1v) is 5.69. The summed E-state index contributed by atoms with van der Waals surface area (Å²) in [5, 5.41) is 21.9. The zero-order valence-corrected chi connectivity index (χ0v) is 10.5. The first-order chi connectivity index (χ1) is 8.40. The highest BCUT2D eigenvalue weighted by Gasteiger charge is 2.12. The molecule has 0 bridgehead atoms. The zero-order chi connectivity index (χ0) is 13.7. The van der Waals surface area contributed by atoms with Crippen LogP contribution in [0.5, 0.6) is 0 Å². The van der Waals surface area contributed by atoms with Crippen molar-refractivity contribution in [3.8, 4) is 0 Å². The highest BCUT2D eigenvalue weighted by Crippen LogP contribution is 2.18. The third-order valence-electron chi connectivity index (χ3n) is 2.41. The number of carbonyl (C=O) groups excluding carboxylic acids is 2. The smallest absolute Gasteiger partial charge is 0.0608 e. The topological polar surface area (TPSA) is 83.5 Å². The van der Waals surface area contributed by atoms with E-state index in [2.05, 4.69) is 0 Å². The number of hydrogen-bond acceptors (Lipinski definition) is 5. The second-order valence-electron chi connectivity index (χ2n) is 3.95. The number of carbonyl (C=O) groups is 2. The molecule has 5 nitrogen and oxygen atoms in total. The van der Waals surface area contributed by atoms with Crippen LogP contribution in [0, 0.1) is 5.92 Å². The lowest BCUT2D eigenvalue weighted by Crippen LogP contribution is -2.43. The molecule has 0 amide bonds. The minimum atomic E-state index is -1.28. The van der Waals surface area contributed by atoms with Gasteiger partial charge in [-0.1, -0.05) is 18.5 Å². The standard InChI is InChI=1S/C12H14ClNO4/c1-8(12(17)18)6-14(7-11(15)16)10-4-2-9(13)3-5-10/h2-5,8H,6-7H2,1H3,(H,15,16)(H,17,18)/p-2/t8-/m0/s1. The number of nitrogens with zero attached hydrogens (tertiary/aromatic N) is 1. The molecule has 18 heavy (non-hydrogen) atoms. The van der Waals surface area contributed by atoms with Crippen molar-refractivity contribution in [2.45, 2.75) is 6.92 Å². The number of benzene rings is 1. The Bertz CT molecular complexity index is 432. The fourth-order valence-electron chi connectivity index (χ4n) is 1.47. The number of carboxylic acid groups (broad SMARTS) is 2. The van der Waals surface area contributed by atoms with Crippen LogP contribution in [0.3, 0.4) is 0 Å². The number of rotatable bonds is 6. The number of anilines is 1. The van der Waals surface area contributed by atoms with E-state index in [1.165, 1.54) is 11.8 Å². The van der Waals surface area contributed by atoms with Gasteiger partial charge in [0.1, 0.15) is 0 Å². The van der Waals surface area contributed by atoms with Crippen molar-refractivity contribution in [3.63, 3.8) is 0 Å². The van der Waals surface area contributed by atoms with E-state index in [-0.39, 0.29) is 13.1 Å². The molecule has 0 aliphatic heterocycles. The molecule has 98 valence electrons. The summed E-state index contributed by atoms with van der Waals surface area (Å²) >= 11 is 5.73. The molecule has 0 N–H and O–H groups in total. The molecule has 0 fully saturated rings. The van der Waals surface area contributed by atoms with E-state index in [1.807, 2.05) is 0 Å². The minimum absolute atomic E-state index is 0.0257. The van der Waals surface area contributed by atoms with Crippen molar-refractivity contribution in [2.24, 2.45) is 5.92 Å². The number of aliphatic carboxylic acids is 2. The molecular weight excluding hydrogens is 258 g/mol. The van der Waals surface area contributed by atoms with Crippen molar-refractivity contribution in [1.82, 2.24) is 0 Å². The largest absolute Gasteiger partial charge is 0.550 e. The van der Waals surface area contributed by atoms with Crippen molar-refractivity contribution < 1.29 is 19.8 Å². The van der Waals surface area contributed by atoms with Gasteiger partial charge < -0.3 is 24.7 Å². The molecule has 0 aromatic heterocycles. The van der Waals surface area contributed by atoms with E-state index < -0.39 is 17.9 Å². The second kappa shape index (κ2) is 6.26. The SMILES string of the molecule is C[C@@H](CN(CC(=O)[O-])c1ccc(Cl)cc1)C(=O)[O-]. The summed E-state index contributed by atoms with van der Waals surface area (Å²) in [5.41, 5.74) is 0.566. The lowest BCUT2D eigenvalue weighted by atomic mass is 10.1. The number of carboxylic acids is 2. The molecule has 0 aliphatic rings. The highest BCUT2D eigenvalue weighted by molar-refractivity contribution is 6.30. The van der Waals surface area contributed by atoms with Gasteiger partial charge in [-0.2, -0.15) is 0 Å². The molecule has 0 spiro atoms. The van der Waals surface area contributed by atoms with Crippen LogP contribution in [0.2, 0.25) is 5.02 Å². The first-order valence-electron chi connectivity index (χ1n) is 5.31. The van der Waals surface area contributed by atoms with E-state index in [0.29, 0.717) is 10.7 Å². The monoisotopic (exact) mass is 269 g/mol.